The lowest BCUT2D eigenvalue weighted by Gasteiger charge is -2.20. The molecule has 0 bridgehead atoms. The highest BCUT2D eigenvalue weighted by Crippen LogP contribution is 2.17. The summed E-state index contributed by atoms with van der Waals surface area (Å²) in [6.45, 7) is 4.66. The van der Waals surface area contributed by atoms with Gasteiger partial charge in [0.15, 0.2) is 0 Å². The van der Waals surface area contributed by atoms with E-state index in [1.54, 1.807) is 0 Å². The predicted molar refractivity (Wildman–Crippen MR) is 75.8 cm³/mol. The van der Waals surface area contributed by atoms with Crippen molar-refractivity contribution >= 4 is 16.9 Å². The van der Waals surface area contributed by atoms with Crippen molar-refractivity contribution in [1.29, 1.82) is 0 Å². The maximum atomic E-state index is 11.7. The highest BCUT2D eigenvalue weighted by molar-refractivity contribution is 5.83. The molecule has 0 spiro atoms. The van der Waals surface area contributed by atoms with Gasteiger partial charge in [0.1, 0.15) is 6.04 Å². The van der Waals surface area contributed by atoms with Crippen LogP contribution >= 0.6 is 0 Å². The topological polar surface area (TPSA) is 54.1 Å². The third-order valence-corrected chi connectivity index (χ3v) is 3.32. The van der Waals surface area contributed by atoms with Crippen LogP contribution in [0.4, 0.5) is 0 Å². The van der Waals surface area contributed by atoms with Crippen molar-refractivity contribution in [3.8, 4) is 0 Å². The molecule has 1 heterocycles. The average molecular weight is 260 g/mol. The van der Waals surface area contributed by atoms with Crippen LogP contribution in [-0.2, 0) is 16.1 Å². The van der Waals surface area contributed by atoms with Crippen LogP contribution < -0.4 is 5.32 Å². The van der Waals surface area contributed by atoms with Crippen LogP contribution in [0.1, 0.15) is 19.4 Å². The molecule has 1 unspecified atom stereocenters. The molecule has 0 aliphatic rings. The molecule has 0 aliphatic heterocycles. The maximum Gasteiger partial charge on any atom is 0.323 e. The first-order valence-corrected chi connectivity index (χ1v) is 6.49. The molecule has 2 N–H and O–H groups in total. The number of carbonyl (C=O) groups is 1. The number of methoxy groups -OCH3 is 1. The molecular weight excluding hydrogens is 240 g/mol. The first-order chi connectivity index (χ1) is 9.13. The van der Waals surface area contributed by atoms with Gasteiger partial charge in [0.25, 0.3) is 0 Å². The minimum Gasteiger partial charge on any atom is -0.468 e. The highest BCUT2D eigenvalue weighted by Gasteiger charge is 2.22. The van der Waals surface area contributed by atoms with Gasteiger partial charge in [-0.1, -0.05) is 26.0 Å². The number of nitrogens with one attached hydrogen (secondary N) is 2. The molecule has 0 aliphatic carbocycles. The van der Waals surface area contributed by atoms with Crippen LogP contribution in [-0.4, -0.2) is 24.1 Å². The molecule has 102 valence electrons. The van der Waals surface area contributed by atoms with Crippen LogP contribution in [0.3, 0.4) is 0 Å². The molecule has 1 aromatic carbocycles. The summed E-state index contributed by atoms with van der Waals surface area (Å²) in [4.78, 5) is 14.9. The van der Waals surface area contributed by atoms with Gasteiger partial charge in [-0.05, 0) is 23.6 Å². The van der Waals surface area contributed by atoms with Gasteiger partial charge in [-0.3, -0.25) is 4.79 Å². The molecule has 2 aromatic rings. The summed E-state index contributed by atoms with van der Waals surface area (Å²) in [6, 6.07) is 7.89. The van der Waals surface area contributed by atoms with Crippen LogP contribution in [0, 0.1) is 5.92 Å². The van der Waals surface area contributed by atoms with E-state index in [1.807, 2.05) is 32.2 Å². The van der Waals surface area contributed by atoms with Crippen molar-refractivity contribution in [3.05, 3.63) is 36.0 Å². The Morgan fingerprint density at radius 3 is 2.84 bits per heavy atom. The van der Waals surface area contributed by atoms with Crippen molar-refractivity contribution < 1.29 is 9.53 Å². The Morgan fingerprint density at radius 1 is 1.37 bits per heavy atom. The Morgan fingerprint density at radius 2 is 2.16 bits per heavy atom. The van der Waals surface area contributed by atoms with Crippen LogP contribution in [0.15, 0.2) is 30.5 Å². The van der Waals surface area contributed by atoms with E-state index < -0.39 is 0 Å². The van der Waals surface area contributed by atoms with Crippen molar-refractivity contribution in [2.45, 2.75) is 26.4 Å². The number of aromatic nitrogens is 1. The Balaban J connectivity index is 2.12. The minimum atomic E-state index is -0.279. The van der Waals surface area contributed by atoms with Gasteiger partial charge in [-0.25, -0.2) is 0 Å². The van der Waals surface area contributed by atoms with E-state index in [2.05, 4.69) is 22.4 Å². The molecule has 4 nitrogen and oxygen atoms in total. The van der Waals surface area contributed by atoms with Gasteiger partial charge in [0.2, 0.25) is 0 Å². The maximum absolute atomic E-state index is 11.7. The van der Waals surface area contributed by atoms with Crippen molar-refractivity contribution in [2.24, 2.45) is 5.92 Å². The molecule has 2 rings (SSSR count). The quantitative estimate of drug-likeness (QED) is 0.812. The molecule has 4 heteroatoms. The Labute approximate surface area is 113 Å². The SMILES string of the molecule is COC(=O)C(NCc1cccc2[nH]ccc12)C(C)C. The fraction of sp³-hybridized carbons (Fsp3) is 0.400. The number of benzene rings is 1. The van der Waals surface area contributed by atoms with E-state index in [0.717, 1.165) is 5.52 Å². The standard InChI is InChI=1S/C15H20N2O2/c1-10(2)14(15(18)19-3)17-9-11-5-4-6-13-12(11)7-8-16-13/h4-8,10,14,16-17H,9H2,1-3H3. The fourth-order valence-electron chi connectivity index (χ4n) is 2.24. The van der Waals surface area contributed by atoms with Crippen molar-refractivity contribution in [2.75, 3.05) is 7.11 Å². The molecule has 1 aromatic heterocycles. The number of rotatable bonds is 5. The van der Waals surface area contributed by atoms with E-state index in [-0.39, 0.29) is 17.9 Å². The van der Waals surface area contributed by atoms with Gasteiger partial charge in [-0.15, -0.1) is 0 Å². The van der Waals surface area contributed by atoms with Crippen molar-refractivity contribution in [1.82, 2.24) is 10.3 Å². The fourth-order valence-corrected chi connectivity index (χ4v) is 2.24. The van der Waals surface area contributed by atoms with E-state index in [1.165, 1.54) is 18.1 Å². The second-order valence-electron chi connectivity index (χ2n) is 4.98. The van der Waals surface area contributed by atoms with Crippen LogP contribution in [0.25, 0.3) is 10.9 Å². The number of H-pyrrole nitrogens is 1. The molecule has 0 saturated heterocycles. The summed E-state index contributed by atoms with van der Waals surface area (Å²) in [5.74, 6) is -0.0193. The zero-order valence-electron chi connectivity index (χ0n) is 11.6. The van der Waals surface area contributed by atoms with Crippen molar-refractivity contribution in [3.63, 3.8) is 0 Å². The van der Waals surface area contributed by atoms with Crippen LogP contribution in [0.2, 0.25) is 0 Å². The number of carbonyl (C=O) groups excluding carboxylic acids is 1. The molecular formula is C15H20N2O2. The van der Waals surface area contributed by atoms with Gasteiger partial charge in [-0.2, -0.15) is 0 Å². The number of ether oxygens (including phenoxy) is 1. The van der Waals surface area contributed by atoms with E-state index >= 15 is 0 Å². The number of hydrogen-bond donors (Lipinski definition) is 2. The molecule has 19 heavy (non-hydrogen) atoms. The predicted octanol–water partition coefficient (Wildman–Crippen LogP) is 2.46. The first-order valence-electron chi connectivity index (χ1n) is 6.49. The number of aromatic amines is 1. The van der Waals surface area contributed by atoms with E-state index in [0.29, 0.717) is 6.54 Å². The molecule has 0 amide bonds. The largest absolute Gasteiger partial charge is 0.468 e. The second-order valence-corrected chi connectivity index (χ2v) is 4.98. The highest BCUT2D eigenvalue weighted by atomic mass is 16.5. The summed E-state index contributed by atoms with van der Waals surface area (Å²) in [7, 11) is 1.42. The third-order valence-electron chi connectivity index (χ3n) is 3.32. The molecule has 0 radical (unpaired) electrons. The monoisotopic (exact) mass is 260 g/mol. The van der Waals surface area contributed by atoms with E-state index in [4.69, 9.17) is 4.74 Å². The Kier molecular flexibility index (Phi) is 4.22. The van der Waals surface area contributed by atoms with Gasteiger partial charge >= 0.3 is 5.97 Å². The lowest BCUT2D eigenvalue weighted by atomic mass is 10.0. The third kappa shape index (κ3) is 2.96. The first kappa shape index (κ1) is 13.6. The van der Waals surface area contributed by atoms with E-state index in [9.17, 15) is 4.79 Å². The zero-order chi connectivity index (χ0) is 13.8. The number of esters is 1. The minimum absolute atomic E-state index is 0.192. The summed E-state index contributed by atoms with van der Waals surface area (Å²) in [6.07, 6.45) is 1.93. The van der Waals surface area contributed by atoms with Gasteiger partial charge in [0, 0.05) is 23.6 Å². The molecule has 0 fully saturated rings. The lowest BCUT2D eigenvalue weighted by molar-refractivity contribution is -0.144. The summed E-state index contributed by atoms with van der Waals surface area (Å²) in [5, 5.41) is 4.46. The summed E-state index contributed by atoms with van der Waals surface area (Å²) < 4.78 is 4.83. The normalized spacial score (nSPS) is 12.8. The van der Waals surface area contributed by atoms with Crippen LogP contribution in [0.5, 0.6) is 0 Å². The average Bonchev–Trinajstić information content (AvgIpc) is 2.87. The number of hydrogen-bond acceptors (Lipinski definition) is 3. The van der Waals surface area contributed by atoms with Gasteiger partial charge < -0.3 is 15.0 Å². The summed E-state index contributed by atoms with van der Waals surface area (Å²) in [5.41, 5.74) is 2.28. The summed E-state index contributed by atoms with van der Waals surface area (Å²) >= 11 is 0. The number of fused-ring (bicyclic) bond motifs is 1. The van der Waals surface area contributed by atoms with Gasteiger partial charge in [0.05, 0.1) is 7.11 Å². The lowest BCUT2D eigenvalue weighted by Crippen LogP contribution is -2.41. The second kappa shape index (κ2) is 5.89. The molecule has 0 saturated carbocycles. The molecule has 1 atom stereocenters. The zero-order valence-corrected chi connectivity index (χ0v) is 11.6. The Hall–Kier alpha value is -1.81. The smallest absolute Gasteiger partial charge is 0.323 e. The Bertz CT molecular complexity index is 560.